The average Bonchev–Trinajstić information content (AvgIpc) is 2.58. The molecule has 0 heterocycles. The molecule has 0 spiro atoms. The summed E-state index contributed by atoms with van der Waals surface area (Å²) in [6, 6.07) is 8.63. The predicted molar refractivity (Wildman–Crippen MR) is 100 cm³/mol. The van der Waals surface area contributed by atoms with Crippen molar-refractivity contribution < 1.29 is 83.0 Å². The summed E-state index contributed by atoms with van der Waals surface area (Å²) < 4.78 is 14.1. The van der Waals surface area contributed by atoms with Crippen LogP contribution in [0, 0.1) is 6.92 Å². The summed E-state index contributed by atoms with van der Waals surface area (Å²) >= 11 is 0. The van der Waals surface area contributed by atoms with Crippen LogP contribution in [0.5, 0.6) is 0 Å². The smallest absolute Gasteiger partial charge is 0.788 e. The van der Waals surface area contributed by atoms with Gasteiger partial charge in [0.15, 0.2) is 0 Å². The van der Waals surface area contributed by atoms with Crippen molar-refractivity contribution in [3.05, 3.63) is 35.4 Å². The van der Waals surface area contributed by atoms with Gasteiger partial charge in [0.05, 0.1) is 6.10 Å². The van der Waals surface area contributed by atoms with Gasteiger partial charge in [-0.15, -0.1) is 0 Å². The number of phosphoric acid groups is 1. The Morgan fingerprint density at radius 2 is 1.39 bits per heavy atom. The van der Waals surface area contributed by atoms with E-state index in [9.17, 15) is 14.4 Å². The van der Waals surface area contributed by atoms with Crippen molar-refractivity contribution in [3.8, 4) is 0 Å². The Morgan fingerprint density at radius 3 is 1.93 bits per heavy atom. The maximum absolute atomic E-state index is 10.3. The Labute approximate surface area is 215 Å². The molecule has 0 aliphatic heterocycles. The molecule has 1 aromatic rings. The van der Waals surface area contributed by atoms with Gasteiger partial charge in [-0.2, -0.15) is 0 Å². The first-order valence-corrected chi connectivity index (χ1v) is 11.3. The second kappa shape index (κ2) is 19.0. The summed E-state index contributed by atoms with van der Waals surface area (Å²) in [5.41, 5.74) is 2.87. The Morgan fingerprint density at radius 1 is 0.893 bits per heavy atom. The van der Waals surface area contributed by atoms with Gasteiger partial charge in [0, 0.05) is 0 Å². The second-order valence-electron chi connectivity index (χ2n) is 7.08. The van der Waals surface area contributed by atoms with Gasteiger partial charge in [0.25, 0.3) is 0 Å². The van der Waals surface area contributed by atoms with Gasteiger partial charge in [-0.25, -0.2) is 9.56 Å². The second-order valence-corrected chi connectivity index (χ2v) is 8.12. The standard InChI is InChI=1S/C20H35O5P.2Na/c1-18-14-12-13-17-20(18)16-11-9-7-5-3-4-6-8-10-15-19(2)24-25-26(21,22)23;;/h12-14,17,19H,3-11,15-16H2,1-2H3,(H2,21,22,23);;/q;2*+1/p-2. The Hall–Kier alpha value is 1.29. The minimum atomic E-state index is -5.03. The summed E-state index contributed by atoms with van der Waals surface area (Å²) in [6.45, 7) is 3.88. The molecule has 0 fully saturated rings. The fraction of sp³-hybridized carbons (Fsp3) is 0.700. The van der Waals surface area contributed by atoms with Crippen LogP contribution in [-0.2, 0) is 20.5 Å². The maximum atomic E-state index is 10.3. The van der Waals surface area contributed by atoms with E-state index in [2.05, 4.69) is 40.8 Å². The van der Waals surface area contributed by atoms with E-state index in [1.165, 1.54) is 62.5 Å². The zero-order valence-electron chi connectivity index (χ0n) is 18.2. The largest absolute Gasteiger partial charge is 1.00 e. The molecule has 28 heavy (non-hydrogen) atoms. The molecule has 1 unspecified atom stereocenters. The number of benzene rings is 1. The van der Waals surface area contributed by atoms with Crippen molar-refractivity contribution in [3.63, 3.8) is 0 Å². The molecule has 1 aromatic carbocycles. The van der Waals surface area contributed by atoms with Crippen molar-refractivity contribution in [2.45, 2.75) is 90.6 Å². The number of hydrogen-bond donors (Lipinski definition) is 0. The molecule has 1 atom stereocenters. The molecule has 0 aliphatic carbocycles. The van der Waals surface area contributed by atoms with Gasteiger partial charge in [0.1, 0.15) is 7.82 Å². The third kappa shape index (κ3) is 18.1. The van der Waals surface area contributed by atoms with E-state index in [0.717, 1.165) is 12.8 Å². The molecule has 0 aromatic heterocycles. The molecule has 0 bridgehead atoms. The summed E-state index contributed by atoms with van der Waals surface area (Å²) in [4.78, 5) is 25.1. The molecule has 0 aliphatic rings. The van der Waals surface area contributed by atoms with E-state index in [1.54, 1.807) is 6.92 Å². The van der Waals surface area contributed by atoms with Crippen molar-refractivity contribution in [1.29, 1.82) is 0 Å². The monoisotopic (exact) mass is 430 g/mol. The van der Waals surface area contributed by atoms with Crippen molar-refractivity contribution >= 4 is 7.82 Å². The van der Waals surface area contributed by atoms with Crippen LogP contribution in [-0.4, -0.2) is 6.10 Å². The van der Waals surface area contributed by atoms with Crippen molar-refractivity contribution in [2.24, 2.45) is 0 Å². The number of unbranched alkanes of at least 4 members (excludes halogenated alkanes) is 8. The first kappa shape index (κ1) is 31.5. The minimum absolute atomic E-state index is 0. The molecule has 5 nitrogen and oxygen atoms in total. The zero-order valence-corrected chi connectivity index (χ0v) is 23.0. The van der Waals surface area contributed by atoms with Crippen LogP contribution in [0.1, 0.15) is 82.3 Å². The van der Waals surface area contributed by atoms with E-state index in [4.69, 9.17) is 0 Å². The van der Waals surface area contributed by atoms with Gasteiger partial charge in [-0.3, -0.25) is 0 Å². The molecule has 150 valence electrons. The predicted octanol–water partition coefficient (Wildman–Crippen LogP) is -1.39. The van der Waals surface area contributed by atoms with Gasteiger partial charge in [-0.1, -0.05) is 75.6 Å². The fourth-order valence-electron chi connectivity index (χ4n) is 3.05. The topological polar surface area (TPSA) is 81.7 Å². The van der Waals surface area contributed by atoms with Crippen LogP contribution in [0.4, 0.5) is 0 Å². The van der Waals surface area contributed by atoms with Gasteiger partial charge in [-0.05, 0) is 44.2 Å². The van der Waals surface area contributed by atoms with E-state index >= 15 is 0 Å². The quantitative estimate of drug-likeness (QED) is 0.113. The fourth-order valence-corrected chi connectivity index (χ4v) is 3.30. The molecular weight excluding hydrogens is 397 g/mol. The van der Waals surface area contributed by atoms with Crippen LogP contribution in [0.25, 0.3) is 0 Å². The molecular formula is C20H33Na2O5P. The summed E-state index contributed by atoms with van der Waals surface area (Å²) in [7, 11) is -5.03. The van der Waals surface area contributed by atoms with E-state index in [0.29, 0.717) is 6.42 Å². The van der Waals surface area contributed by atoms with Crippen LogP contribution in [0.15, 0.2) is 24.3 Å². The zero-order chi connectivity index (χ0) is 19.3. The third-order valence-corrected chi connectivity index (χ3v) is 4.89. The van der Waals surface area contributed by atoms with Gasteiger partial charge >= 0.3 is 59.1 Å². The molecule has 0 radical (unpaired) electrons. The molecule has 1 rings (SSSR count). The summed E-state index contributed by atoms with van der Waals surface area (Å²) in [5, 5.41) is 0. The van der Waals surface area contributed by atoms with E-state index in [-0.39, 0.29) is 65.2 Å². The molecule has 0 saturated heterocycles. The molecule has 0 N–H and O–H groups in total. The van der Waals surface area contributed by atoms with Crippen LogP contribution < -0.4 is 68.9 Å². The van der Waals surface area contributed by atoms with Gasteiger partial charge < -0.3 is 14.4 Å². The maximum Gasteiger partial charge on any atom is 1.00 e. The SMILES string of the molecule is Cc1ccccc1CCCCCCCCCCCC(C)OOP(=O)([O-])[O-].[Na+].[Na+]. The Bertz CT molecular complexity index is 539. The third-order valence-electron chi connectivity index (χ3n) is 4.62. The van der Waals surface area contributed by atoms with E-state index < -0.39 is 7.82 Å². The van der Waals surface area contributed by atoms with Gasteiger partial charge in [0.2, 0.25) is 0 Å². The Balaban J connectivity index is 0. The van der Waals surface area contributed by atoms with Crippen LogP contribution >= 0.6 is 7.82 Å². The summed E-state index contributed by atoms with van der Waals surface area (Å²) in [5.74, 6) is 0. The van der Waals surface area contributed by atoms with Crippen molar-refractivity contribution in [2.75, 3.05) is 0 Å². The number of aryl methyl sites for hydroxylation is 2. The first-order valence-electron chi connectivity index (χ1n) is 9.80. The Kier molecular flexibility index (Phi) is 21.4. The summed E-state index contributed by atoms with van der Waals surface area (Å²) in [6.07, 6.45) is 12.4. The van der Waals surface area contributed by atoms with Crippen molar-refractivity contribution in [1.82, 2.24) is 0 Å². The normalized spacial score (nSPS) is 12.1. The van der Waals surface area contributed by atoms with Crippen LogP contribution in [0.2, 0.25) is 0 Å². The molecule has 8 heteroatoms. The van der Waals surface area contributed by atoms with E-state index in [1.807, 2.05) is 0 Å². The molecule has 0 amide bonds. The number of rotatable bonds is 15. The van der Waals surface area contributed by atoms with Crippen LogP contribution in [0.3, 0.4) is 0 Å². The number of hydrogen-bond acceptors (Lipinski definition) is 5. The minimum Gasteiger partial charge on any atom is -0.788 e. The first-order chi connectivity index (χ1) is 12.4. The molecule has 0 saturated carbocycles. The average molecular weight is 430 g/mol.